The number of pyridine rings is 2. The van der Waals surface area contributed by atoms with Crippen molar-refractivity contribution in [3.8, 4) is 5.88 Å². The Labute approximate surface area is 148 Å². The number of alkyl halides is 3. The molecular weight excluding hydrogens is 352 g/mol. The van der Waals surface area contributed by atoms with E-state index in [4.69, 9.17) is 4.74 Å². The SMILES string of the molecule is COc1cccc(CN2CCN(c3ncc(C(F)(F)F)cc3F)CC2)n1. The second-order valence-electron chi connectivity index (χ2n) is 5.96. The minimum Gasteiger partial charge on any atom is -0.481 e. The molecule has 0 amide bonds. The predicted octanol–water partition coefficient (Wildman–Crippen LogP) is 2.97. The Hall–Kier alpha value is -2.42. The van der Waals surface area contributed by atoms with Crippen molar-refractivity contribution in [1.82, 2.24) is 14.9 Å². The fraction of sp³-hybridized carbons (Fsp3) is 0.412. The Kier molecular flexibility index (Phi) is 5.26. The lowest BCUT2D eigenvalue weighted by molar-refractivity contribution is -0.138. The maximum Gasteiger partial charge on any atom is 0.417 e. The number of aromatic nitrogens is 2. The molecule has 1 aliphatic rings. The molecule has 0 atom stereocenters. The standard InChI is InChI=1S/C17H18F4N4O/c1-26-15-4-2-3-13(23-15)11-24-5-7-25(8-6-24)16-14(18)9-12(10-22-16)17(19,20)21/h2-4,9-10H,5-8,11H2,1H3. The molecule has 0 saturated carbocycles. The number of hydrogen-bond acceptors (Lipinski definition) is 5. The van der Waals surface area contributed by atoms with E-state index in [0.717, 1.165) is 5.69 Å². The van der Waals surface area contributed by atoms with Crippen LogP contribution in [0.1, 0.15) is 11.3 Å². The molecule has 2 aromatic heterocycles. The molecule has 3 rings (SSSR count). The number of methoxy groups -OCH3 is 1. The third-order valence-corrected chi connectivity index (χ3v) is 4.20. The van der Waals surface area contributed by atoms with Crippen LogP contribution >= 0.6 is 0 Å². The highest BCUT2D eigenvalue weighted by atomic mass is 19.4. The van der Waals surface area contributed by atoms with Crippen molar-refractivity contribution < 1.29 is 22.3 Å². The zero-order chi connectivity index (χ0) is 18.7. The first kappa shape index (κ1) is 18.4. The van der Waals surface area contributed by atoms with Gasteiger partial charge >= 0.3 is 6.18 Å². The van der Waals surface area contributed by atoms with E-state index in [1.165, 1.54) is 0 Å². The van der Waals surface area contributed by atoms with E-state index in [0.29, 0.717) is 50.9 Å². The largest absolute Gasteiger partial charge is 0.481 e. The topological polar surface area (TPSA) is 41.5 Å². The smallest absolute Gasteiger partial charge is 0.417 e. The third-order valence-electron chi connectivity index (χ3n) is 4.20. The van der Waals surface area contributed by atoms with Gasteiger partial charge in [0.1, 0.15) is 0 Å². The molecule has 0 aromatic carbocycles. The number of piperazine rings is 1. The van der Waals surface area contributed by atoms with Gasteiger partial charge in [0.05, 0.1) is 18.4 Å². The second kappa shape index (κ2) is 7.45. The van der Waals surface area contributed by atoms with Crippen LogP contribution in [-0.4, -0.2) is 48.2 Å². The fourth-order valence-corrected chi connectivity index (χ4v) is 2.82. The van der Waals surface area contributed by atoms with Crippen LogP contribution in [0.15, 0.2) is 30.5 Å². The monoisotopic (exact) mass is 370 g/mol. The van der Waals surface area contributed by atoms with Crippen LogP contribution in [-0.2, 0) is 12.7 Å². The van der Waals surface area contributed by atoms with Crippen LogP contribution in [0.5, 0.6) is 5.88 Å². The van der Waals surface area contributed by atoms with Crippen LogP contribution in [0.25, 0.3) is 0 Å². The minimum absolute atomic E-state index is 0.0443. The number of nitrogens with zero attached hydrogens (tertiary/aromatic N) is 4. The Balaban J connectivity index is 1.61. The number of hydrogen-bond donors (Lipinski definition) is 0. The van der Waals surface area contributed by atoms with Crippen LogP contribution in [0.2, 0.25) is 0 Å². The molecule has 0 spiro atoms. The van der Waals surface area contributed by atoms with Crippen molar-refractivity contribution in [3.05, 3.63) is 47.5 Å². The molecule has 3 heterocycles. The predicted molar refractivity (Wildman–Crippen MR) is 87.5 cm³/mol. The molecular formula is C17H18F4N4O. The van der Waals surface area contributed by atoms with E-state index >= 15 is 0 Å². The van der Waals surface area contributed by atoms with E-state index in [-0.39, 0.29) is 5.82 Å². The minimum atomic E-state index is -4.60. The van der Waals surface area contributed by atoms with Crippen molar-refractivity contribution in [2.24, 2.45) is 0 Å². The van der Waals surface area contributed by atoms with Crippen LogP contribution in [0.4, 0.5) is 23.4 Å². The highest BCUT2D eigenvalue weighted by molar-refractivity contribution is 5.42. The van der Waals surface area contributed by atoms with Gasteiger partial charge in [-0.05, 0) is 12.1 Å². The average molecular weight is 370 g/mol. The zero-order valence-electron chi connectivity index (χ0n) is 14.1. The molecule has 26 heavy (non-hydrogen) atoms. The third kappa shape index (κ3) is 4.21. The molecule has 1 saturated heterocycles. The average Bonchev–Trinajstić information content (AvgIpc) is 2.62. The second-order valence-corrected chi connectivity index (χ2v) is 5.96. The van der Waals surface area contributed by atoms with Gasteiger partial charge in [-0.3, -0.25) is 4.90 Å². The Morgan fingerprint density at radius 2 is 1.88 bits per heavy atom. The first-order chi connectivity index (χ1) is 12.4. The highest BCUT2D eigenvalue weighted by Crippen LogP contribution is 2.31. The van der Waals surface area contributed by atoms with Gasteiger partial charge in [-0.25, -0.2) is 14.4 Å². The fourth-order valence-electron chi connectivity index (χ4n) is 2.82. The van der Waals surface area contributed by atoms with Crippen LogP contribution < -0.4 is 9.64 Å². The van der Waals surface area contributed by atoms with E-state index in [9.17, 15) is 17.6 Å². The molecule has 5 nitrogen and oxygen atoms in total. The molecule has 0 aliphatic carbocycles. The van der Waals surface area contributed by atoms with E-state index < -0.39 is 17.6 Å². The van der Waals surface area contributed by atoms with Crippen molar-refractivity contribution in [3.63, 3.8) is 0 Å². The van der Waals surface area contributed by atoms with E-state index in [1.807, 2.05) is 12.1 Å². The van der Waals surface area contributed by atoms with Gasteiger partial charge in [0.25, 0.3) is 0 Å². The van der Waals surface area contributed by atoms with Gasteiger partial charge in [-0.15, -0.1) is 0 Å². The highest BCUT2D eigenvalue weighted by Gasteiger charge is 2.32. The maximum atomic E-state index is 14.1. The summed E-state index contributed by atoms with van der Waals surface area (Å²) in [7, 11) is 1.55. The van der Waals surface area contributed by atoms with E-state index in [2.05, 4.69) is 14.9 Å². The van der Waals surface area contributed by atoms with Crippen molar-refractivity contribution in [2.45, 2.75) is 12.7 Å². The molecule has 0 N–H and O–H groups in total. The summed E-state index contributed by atoms with van der Waals surface area (Å²) < 4.78 is 57.0. The maximum absolute atomic E-state index is 14.1. The summed E-state index contributed by atoms with van der Waals surface area (Å²) in [6.45, 7) is 2.81. The van der Waals surface area contributed by atoms with Gasteiger partial charge < -0.3 is 9.64 Å². The summed E-state index contributed by atoms with van der Waals surface area (Å²) in [5, 5.41) is 0. The number of rotatable bonds is 4. The zero-order valence-corrected chi connectivity index (χ0v) is 14.1. The van der Waals surface area contributed by atoms with Crippen LogP contribution in [0.3, 0.4) is 0 Å². The van der Waals surface area contributed by atoms with Gasteiger partial charge in [0.2, 0.25) is 5.88 Å². The van der Waals surface area contributed by atoms with Crippen molar-refractivity contribution in [1.29, 1.82) is 0 Å². The first-order valence-corrected chi connectivity index (χ1v) is 8.07. The molecule has 9 heteroatoms. The van der Waals surface area contributed by atoms with E-state index in [1.54, 1.807) is 18.1 Å². The van der Waals surface area contributed by atoms with Crippen molar-refractivity contribution in [2.75, 3.05) is 38.2 Å². The molecule has 0 bridgehead atoms. The summed E-state index contributed by atoms with van der Waals surface area (Å²) in [5.74, 6) is -0.461. The number of halogens is 4. The Bertz CT molecular complexity index is 761. The molecule has 0 radical (unpaired) electrons. The molecule has 0 unspecified atom stereocenters. The lowest BCUT2D eigenvalue weighted by Crippen LogP contribution is -2.46. The van der Waals surface area contributed by atoms with Gasteiger partial charge in [0, 0.05) is 45.0 Å². The van der Waals surface area contributed by atoms with Crippen LogP contribution in [0, 0.1) is 5.82 Å². The van der Waals surface area contributed by atoms with Gasteiger partial charge in [-0.1, -0.05) is 6.07 Å². The normalized spacial score (nSPS) is 16.0. The summed E-state index contributed by atoms with van der Waals surface area (Å²) in [6.07, 6.45) is -3.93. The lowest BCUT2D eigenvalue weighted by atomic mass is 10.2. The summed E-state index contributed by atoms with van der Waals surface area (Å²) in [4.78, 5) is 11.8. The van der Waals surface area contributed by atoms with Gasteiger partial charge in [-0.2, -0.15) is 13.2 Å². The Morgan fingerprint density at radius 1 is 1.15 bits per heavy atom. The summed E-state index contributed by atoms with van der Waals surface area (Å²) >= 11 is 0. The summed E-state index contributed by atoms with van der Waals surface area (Å²) in [6, 6.07) is 6.01. The van der Waals surface area contributed by atoms with Crippen molar-refractivity contribution >= 4 is 5.82 Å². The number of ether oxygens (including phenoxy) is 1. The molecule has 2 aromatic rings. The first-order valence-electron chi connectivity index (χ1n) is 8.07. The lowest BCUT2D eigenvalue weighted by Gasteiger charge is -2.35. The van der Waals surface area contributed by atoms with Gasteiger partial charge in [0.15, 0.2) is 11.6 Å². The molecule has 1 fully saturated rings. The number of anilines is 1. The Morgan fingerprint density at radius 3 is 2.50 bits per heavy atom. The molecule has 140 valence electrons. The molecule has 1 aliphatic heterocycles. The quantitative estimate of drug-likeness (QED) is 0.774. The summed E-state index contributed by atoms with van der Waals surface area (Å²) in [5.41, 5.74) is -0.224.